The summed E-state index contributed by atoms with van der Waals surface area (Å²) in [6, 6.07) is 5.77. The van der Waals surface area contributed by atoms with E-state index in [9.17, 15) is 13.2 Å². The molecule has 110 valence electrons. The first-order valence-electron chi connectivity index (χ1n) is 5.57. The molecular formula is C12H10ClN3O4S. The smallest absolute Gasteiger partial charge is 0.358 e. The van der Waals surface area contributed by atoms with Crippen molar-refractivity contribution in [3.8, 4) is 11.3 Å². The Balaban J connectivity index is 2.53. The van der Waals surface area contributed by atoms with Crippen LogP contribution in [0.5, 0.6) is 0 Å². The van der Waals surface area contributed by atoms with Crippen LogP contribution in [-0.4, -0.2) is 35.7 Å². The molecule has 0 radical (unpaired) electrons. The highest BCUT2D eigenvalue weighted by molar-refractivity contribution is 7.90. The third kappa shape index (κ3) is 3.11. The van der Waals surface area contributed by atoms with E-state index >= 15 is 0 Å². The van der Waals surface area contributed by atoms with Crippen molar-refractivity contribution < 1.29 is 18.3 Å². The van der Waals surface area contributed by atoms with Crippen LogP contribution < -0.4 is 5.73 Å². The number of hydrogen-bond donors (Lipinski definition) is 2. The number of anilines is 1. The van der Waals surface area contributed by atoms with Crippen LogP contribution in [0.25, 0.3) is 11.3 Å². The summed E-state index contributed by atoms with van der Waals surface area (Å²) in [6.07, 6.45) is 1.09. The number of nitrogens with zero attached hydrogens (tertiary/aromatic N) is 2. The normalized spacial score (nSPS) is 11.3. The van der Waals surface area contributed by atoms with Crippen molar-refractivity contribution in [1.29, 1.82) is 0 Å². The van der Waals surface area contributed by atoms with E-state index in [2.05, 4.69) is 9.97 Å². The summed E-state index contributed by atoms with van der Waals surface area (Å²) in [6.45, 7) is 0. The molecule has 9 heteroatoms. The summed E-state index contributed by atoms with van der Waals surface area (Å²) < 4.78 is 22.8. The van der Waals surface area contributed by atoms with Gasteiger partial charge in [0.25, 0.3) is 0 Å². The average molecular weight is 328 g/mol. The highest BCUT2D eigenvalue weighted by Crippen LogP contribution is 2.27. The minimum atomic E-state index is -3.31. The van der Waals surface area contributed by atoms with Gasteiger partial charge in [-0.15, -0.1) is 0 Å². The number of aromatic nitrogens is 2. The van der Waals surface area contributed by atoms with Crippen molar-refractivity contribution in [2.24, 2.45) is 0 Å². The molecule has 0 aliphatic rings. The largest absolute Gasteiger partial charge is 0.476 e. The zero-order valence-corrected chi connectivity index (χ0v) is 12.3. The van der Waals surface area contributed by atoms with E-state index in [1.165, 1.54) is 24.3 Å². The number of nitrogen functional groups attached to an aromatic ring is 1. The lowest BCUT2D eigenvalue weighted by Crippen LogP contribution is -2.09. The second-order valence-corrected chi connectivity index (χ2v) is 6.57. The van der Waals surface area contributed by atoms with Gasteiger partial charge in [-0.2, -0.15) is 0 Å². The maximum absolute atomic E-state index is 11.4. The molecule has 0 bridgehead atoms. The van der Waals surface area contributed by atoms with Gasteiger partial charge in [-0.1, -0.05) is 23.7 Å². The van der Waals surface area contributed by atoms with Gasteiger partial charge in [-0.25, -0.2) is 23.2 Å². The Kier molecular flexibility index (Phi) is 3.84. The third-order valence-electron chi connectivity index (χ3n) is 2.64. The quantitative estimate of drug-likeness (QED) is 0.875. The van der Waals surface area contributed by atoms with Gasteiger partial charge in [0.2, 0.25) is 0 Å². The number of sulfone groups is 1. The van der Waals surface area contributed by atoms with Crippen molar-refractivity contribution in [1.82, 2.24) is 9.97 Å². The Bertz CT molecular complexity index is 819. The molecule has 1 aromatic heterocycles. The van der Waals surface area contributed by atoms with Crippen LogP contribution in [-0.2, 0) is 9.84 Å². The van der Waals surface area contributed by atoms with Crippen LogP contribution in [0.15, 0.2) is 29.2 Å². The second-order valence-electron chi connectivity index (χ2n) is 4.20. The van der Waals surface area contributed by atoms with Crippen molar-refractivity contribution >= 4 is 33.2 Å². The lowest BCUT2D eigenvalue weighted by molar-refractivity contribution is 0.0691. The molecule has 0 aliphatic carbocycles. The topological polar surface area (TPSA) is 123 Å². The minimum Gasteiger partial charge on any atom is -0.476 e. The van der Waals surface area contributed by atoms with Gasteiger partial charge < -0.3 is 10.8 Å². The number of hydrogen-bond acceptors (Lipinski definition) is 6. The van der Waals surface area contributed by atoms with Crippen LogP contribution in [0.1, 0.15) is 10.5 Å². The van der Waals surface area contributed by atoms with Crippen LogP contribution in [0.2, 0.25) is 5.15 Å². The van der Waals surface area contributed by atoms with Crippen LogP contribution in [0.4, 0.5) is 5.82 Å². The predicted octanol–water partition coefficient (Wildman–Crippen LogP) is 1.48. The average Bonchev–Trinajstić information content (AvgIpc) is 2.40. The lowest BCUT2D eigenvalue weighted by Gasteiger charge is -2.07. The first kappa shape index (κ1) is 15.2. The summed E-state index contributed by atoms with van der Waals surface area (Å²) in [5.41, 5.74) is 5.74. The van der Waals surface area contributed by atoms with E-state index in [1.54, 1.807) is 0 Å². The Morgan fingerprint density at radius 1 is 1.24 bits per heavy atom. The monoisotopic (exact) mass is 327 g/mol. The van der Waals surface area contributed by atoms with Crippen molar-refractivity contribution in [2.45, 2.75) is 4.90 Å². The molecule has 0 fully saturated rings. The summed E-state index contributed by atoms with van der Waals surface area (Å²) in [7, 11) is -3.31. The van der Waals surface area contributed by atoms with E-state index in [1.807, 2.05) is 0 Å². The van der Waals surface area contributed by atoms with Gasteiger partial charge in [0.1, 0.15) is 5.69 Å². The van der Waals surface area contributed by atoms with Crippen molar-refractivity contribution in [2.75, 3.05) is 12.0 Å². The molecule has 0 saturated heterocycles. The van der Waals surface area contributed by atoms with E-state index in [0.717, 1.165) is 6.26 Å². The molecule has 0 amide bonds. The van der Waals surface area contributed by atoms with Gasteiger partial charge in [0, 0.05) is 11.8 Å². The standard InChI is InChI=1S/C12H10ClN3O4S/c1-21(19,20)7-4-2-6(3-5-7)8-10(13)15-9(12(17)18)11(14)16-8/h2-5H,1H3,(H2,14,16)(H,17,18). The number of nitrogens with two attached hydrogens (primary N) is 1. The first-order chi connectivity index (χ1) is 9.70. The van der Waals surface area contributed by atoms with Crippen LogP contribution in [0, 0.1) is 0 Å². The van der Waals surface area contributed by atoms with E-state index in [-0.39, 0.29) is 21.6 Å². The Labute approximate surface area is 125 Å². The van der Waals surface area contributed by atoms with E-state index in [0.29, 0.717) is 5.56 Å². The molecule has 7 nitrogen and oxygen atoms in total. The summed E-state index contributed by atoms with van der Waals surface area (Å²) in [5, 5.41) is 8.74. The molecular weight excluding hydrogens is 318 g/mol. The van der Waals surface area contributed by atoms with Gasteiger partial charge in [0.05, 0.1) is 4.90 Å². The molecule has 0 aliphatic heterocycles. The Hall–Kier alpha value is -2.19. The summed E-state index contributed by atoms with van der Waals surface area (Å²) >= 11 is 5.90. The fourth-order valence-electron chi connectivity index (χ4n) is 1.63. The van der Waals surface area contributed by atoms with Crippen LogP contribution in [0.3, 0.4) is 0 Å². The fraction of sp³-hybridized carbons (Fsp3) is 0.0833. The molecule has 1 aromatic carbocycles. The number of benzene rings is 1. The van der Waals surface area contributed by atoms with Gasteiger partial charge >= 0.3 is 5.97 Å². The number of carbonyl (C=O) groups is 1. The molecule has 3 N–H and O–H groups in total. The molecule has 2 aromatic rings. The summed E-state index contributed by atoms with van der Waals surface area (Å²) in [4.78, 5) is 18.6. The molecule has 2 rings (SSSR count). The molecule has 0 spiro atoms. The number of aromatic carboxylic acids is 1. The highest BCUT2D eigenvalue weighted by Gasteiger charge is 2.17. The SMILES string of the molecule is CS(=O)(=O)c1ccc(-c2nc(N)c(C(=O)O)nc2Cl)cc1. The van der Waals surface area contributed by atoms with E-state index < -0.39 is 21.5 Å². The Morgan fingerprint density at radius 2 is 1.81 bits per heavy atom. The molecule has 0 unspecified atom stereocenters. The van der Waals surface area contributed by atoms with Crippen molar-refractivity contribution in [3.05, 3.63) is 35.1 Å². The number of halogens is 1. The lowest BCUT2D eigenvalue weighted by atomic mass is 10.1. The van der Waals surface area contributed by atoms with Gasteiger partial charge in [-0.05, 0) is 12.1 Å². The van der Waals surface area contributed by atoms with E-state index in [4.69, 9.17) is 22.4 Å². The zero-order valence-electron chi connectivity index (χ0n) is 10.7. The first-order valence-corrected chi connectivity index (χ1v) is 7.84. The number of carboxylic acid groups (broad SMARTS) is 1. The minimum absolute atomic E-state index is 0.131. The van der Waals surface area contributed by atoms with Crippen LogP contribution >= 0.6 is 11.6 Å². The zero-order chi connectivity index (χ0) is 15.8. The number of rotatable bonds is 3. The molecule has 0 saturated carbocycles. The fourth-order valence-corrected chi connectivity index (χ4v) is 2.50. The molecule has 0 atom stereocenters. The Morgan fingerprint density at radius 3 is 2.29 bits per heavy atom. The predicted molar refractivity (Wildman–Crippen MR) is 77.0 cm³/mol. The number of carboxylic acids is 1. The van der Waals surface area contributed by atoms with Gasteiger partial charge in [-0.3, -0.25) is 0 Å². The highest BCUT2D eigenvalue weighted by atomic mass is 35.5. The maximum atomic E-state index is 11.4. The molecule has 1 heterocycles. The summed E-state index contributed by atoms with van der Waals surface area (Å²) in [5.74, 6) is -1.60. The second kappa shape index (κ2) is 5.30. The van der Waals surface area contributed by atoms with Gasteiger partial charge in [0.15, 0.2) is 26.5 Å². The third-order valence-corrected chi connectivity index (χ3v) is 4.03. The molecule has 21 heavy (non-hydrogen) atoms. The van der Waals surface area contributed by atoms with Crippen molar-refractivity contribution in [3.63, 3.8) is 0 Å². The maximum Gasteiger partial charge on any atom is 0.358 e.